The molecule has 2 atom stereocenters. The standard InChI is InChI=1S/C19H23N5/c1-23-10-7-16(19(23)15-5-4-8-20-11-15)12-21-13-17-14-22-24-9-3-2-6-18(17)24/h2-6,8-9,11,14,16,19,21H,7,10,12-13H2,1H3/t16-,19-/m0/s1. The quantitative estimate of drug-likeness (QED) is 0.784. The first-order valence-corrected chi connectivity index (χ1v) is 8.55. The topological polar surface area (TPSA) is 45.5 Å². The minimum atomic E-state index is 0.454. The van der Waals surface area contributed by atoms with E-state index in [0.717, 1.165) is 19.6 Å². The van der Waals surface area contributed by atoms with Crippen molar-refractivity contribution in [1.29, 1.82) is 0 Å². The molecule has 0 aliphatic carbocycles. The van der Waals surface area contributed by atoms with E-state index in [0.29, 0.717) is 12.0 Å². The number of nitrogens with zero attached hydrogens (tertiary/aromatic N) is 4. The van der Waals surface area contributed by atoms with Crippen LogP contribution in [0.1, 0.15) is 23.6 Å². The van der Waals surface area contributed by atoms with Crippen molar-refractivity contribution in [3.8, 4) is 0 Å². The van der Waals surface area contributed by atoms with E-state index in [9.17, 15) is 0 Å². The van der Waals surface area contributed by atoms with Gasteiger partial charge in [0.25, 0.3) is 0 Å². The summed E-state index contributed by atoms with van der Waals surface area (Å²) in [6.45, 7) is 3.00. The predicted molar refractivity (Wildman–Crippen MR) is 94.6 cm³/mol. The van der Waals surface area contributed by atoms with Crippen molar-refractivity contribution < 1.29 is 0 Å². The lowest BCUT2D eigenvalue weighted by molar-refractivity contribution is 0.271. The van der Waals surface area contributed by atoms with E-state index >= 15 is 0 Å². The number of nitrogens with one attached hydrogen (secondary N) is 1. The highest BCUT2D eigenvalue weighted by Gasteiger charge is 2.32. The average molecular weight is 321 g/mol. The van der Waals surface area contributed by atoms with Gasteiger partial charge in [0.15, 0.2) is 0 Å². The lowest BCUT2D eigenvalue weighted by atomic mass is 9.95. The number of hydrogen-bond acceptors (Lipinski definition) is 4. The summed E-state index contributed by atoms with van der Waals surface area (Å²) in [5, 5.41) is 8.05. The number of rotatable bonds is 5. The van der Waals surface area contributed by atoms with Crippen molar-refractivity contribution >= 4 is 5.52 Å². The molecule has 5 heteroatoms. The zero-order valence-corrected chi connectivity index (χ0v) is 14.0. The Labute approximate surface area is 142 Å². The Hall–Kier alpha value is -2.24. The van der Waals surface area contributed by atoms with Crippen LogP contribution in [0.25, 0.3) is 5.52 Å². The van der Waals surface area contributed by atoms with E-state index < -0.39 is 0 Å². The van der Waals surface area contributed by atoms with Gasteiger partial charge in [-0.25, -0.2) is 4.52 Å². The molecule has 3 aromatic rings. The van der Waals surface area contributed by atoms with Crippen molar-refractivity contribution in [3.05, 3.63) is 66.2 Å². The molecule has 1 N–H and O–H groups in total. The molecule has 0 unspecified atom stereocenters. The monoisotopic (exact) mass is 321 g/mol. The molecule has 24 heavy (non-hydrogen) atoms. The van der Waals surface area contributed by atoms with Crippen LogP contribution in [0.4, 0.5) is 0 Å². The van der Waals surface area contributed by atoms with Gasteiger partial charge in [-0.15, -0.1) is 0 Å². The van der Waals surface area contributed by atoms with E-state index in [2.05, 4.69) is 45.5 Å². The van der Waals surface area contributed by atoms with Gasteiger partial charge in [0, 0.05) is 43.3 Å². The molecular weight excluding hydrogens is 298 g/mol. The van der Waals surface area contributed by atoms with Crippen molar-refractivity contribution in [1.82, 2.24) is 24.8 Å². The van der Waals surface area contributed by atoms with Crippen LogP contribution in [-0.4, -0.2) is 39.6 Å². The number of aromatic nitrogens is 3. The summed E-state index contributed by atoms with van der Waals surface area (Å²) in [7, 11) is 2.21. The molecule has 0 aromatic carbocycles. The summed E-state index contributed by atoms with van der Waals surface area (Å²) in [4.78, 5) is 6.74. The van der Waals surface area contributed by atoms with Crippen molar-refractivity contribution in [3.63, 3.8) is 0 Å². The summed E-state index contributed by atoms with van der Waals surface area (Å²) in [5.41, 5.74) is 3.75. The fourth-order valence-corrected chi connectivity index (χ4v) is 3.83. The van der Waals surface area contributed by atoms with Gasteiger partial charge in [-0.3, -0.25) is 9.88 Å². The van der Waals surface area contributed by atoms with Crippen molar-refractivity contribution in [2.45, 2.75) is 19.0 Å². The maximum atomic E-state index is 4.40. The molecule has 4 rings (SSSR count). The Morgan fingerprint density at radius 3 is 3.04 bits per heavy atom. The van der Waals surface area contributed by atoms with Crippen LogP contribution < -0.4 is 5.32 Å². The molecule has 4 heterocycles. The van der Waals surface area contributed by atoms with Crippen molar-refractivity contribution in [2.24, 2.45) is 5.92 Å². The molecular formula is C19H23N5. The van der Waals surface area contributed by atoms with E-state index in [1.165, 1.54) is 23.1 Å². The molecule has 124 valence electrons. The van der Waals surface area contributed by atoms with E-state index in [1.807, 2.05) is 41.4 Å². The van der Waals surface area contributed by atoms with E-state index in [1.54, 1.807) is 0 Å². The maximum Gasteiger partial charge on any atom is 0.0706 e. The number of pyridine rings is 2. The second kappa shape index (κ2) is 6.71. The SMILES string of the molecule is CN1CC[C@@H](CNCc2cnn3ccccc23)[C@@H]1c1cccnc1. The van der Waals surface area contributed by atoms with Gasteiger partial charge in [0.2, 0.25) is 0 Å². The molecule has 3 aromatic heterocycles. The first kappa shape index (κ1) is 15.3. The van der Waals surface area contributed by atoms with Crippen LogP contribution >= 0.6 is 0 Å². The lowest BCUT2D eigenvalue weighted by Crippen LogP contribution is -2.28. The zero-order valence-electron chi connectivity index (χ0n) is 14.0. The Kier molecular flexibility index (Phi) is 4.28. The highest BCUT2D eigenvalue weighted by atomic mass is 15.2. The Balaban J connectivity index is 1.42. The molecule has 0 radical (unpaired) electrons. The number of likely N-dealkylation sites (tertiary alicyclic amines) is 1. The molecule has 0 bridgehead atoms. The third-order valence-electron chi connectivity index (χ3n) is 5.03. The Morgan fingerprint density at radius 2 is 2.17 bits per heavy atom. The molecule has 1 fully saturated rings. The normalized spacial score (nSPS) is 21.5. The zero-order chi connectivity index (χ0) is 16.4. The predicted octanol–water partition coefficient (Wildman–Crippen LogP) is 2.51. The van der Waals surface area contributed by atoms with Crippen molar-refractivity contribution in [2.75, 3.05) is 20.1 Å². The molecule has 0 amide bonds. The van der Waals surface area contributed by atoms with Crippen LogP contribution in [0.15, 0.2) is 55.1 Å². The largest absolute Gasteiger partial charge is 0.312 e. The van der Waals surface area contributed by atoms with Gasteiger partial charge >= 0.3 is 0 Å². The summed E-state index contributed by atoms with van der Waals surface area (Å²) in [5.74, 6) is 0.612. The molecule has 0 saturated carbocycles. The fraction of sp³-hybridized carbons (Fsp3) is 0.368. The summed E-state index contributed by atoms with van der Waals surface area (Å²) in [6, 6.07) is 10.9. The van der Waals surface area contributed by atoms with Gasteiger partial charge < -0.3 is 5.32 Å². The van der Waals surface area contributed by atoms with Gasteiger partial charge in [0.05, 0.1) is 11.7 Å². The van der Waals surface area contributed by atoms with E-state index in [4.69, 9.17) is 0 Å². The maximum absolute atomic E-state index is 4.40. The number of hydrogen-bond donors (Lipinski definition) is 1. The first-order valence-electron chi connectivity index (χ1n) is 8.55. The minimum Gasteiger partial charge on any atom is -0.312 e. The lowest BCUT2D eigenvalue weighted by Gasteiger charge is -2.25. The molecule has 1 aliphatic rings. The Bertz CT molecular complexity index is 798. The van der Waals surface area contributed by atoms with Gasteiger partial charge in [-0.05, 0) is 49.7 Å². The van der Waals surface area contributed by atoms with Crippen LogP contribution in [0.3, 0.4) is 0 Å². The second-order valence-corrected chi connectivity index (χ2v) is 6.59. The average Bonchev–Trinajstić information content (AvgIpc) is 3.20. The highest BCUT2D eigenvalue weighted by Crippen LogP contribution is 2.35. The smallest absolute Gasteiger partial charge is 0.0706 e. The van der Waals surface area contributed by atoms with Crippen LogP contribution in [0, 0.1) is 5.92 Å². The molecule has 1 aliphatic heterocycles. The summed E-state index contributed by atoms with van der Waals surface area (Å²) in [6.07, 6.45) is 9.02. The van der Waals surface area contributed by atoms with E-state index in [-0.39, 0.29) is 0 Å². The summed E-state index contributed by atoms with van der Waals surface area (Å²) >= 11 is 0. The third kappa shape index (κ3) is 2.92. The molecule has 0 spiro atoms. The molecule has 1 saturated heterocycles. The summed E-state index contributed by atoms with van der Waals surface area (Å²) < 4.78 is 1.93. The van der Waals surface area contributed by atoms with Gasteiger partial charge in [-0.1, -0.05) is 12.1 Å². The fourth-order valence-electron chi connectivity index (χ4n) is 3.83. The second-order valence-electron chi connectivity index (χ2n) is 6.59. The Morgan fingerprint density at radius 1 is 1.21 bits per heavy atom. The van der Waals surface area contributed by atoms with Crippen LogP contribution in [0.5, 0.6) is 0 Å². The first-order chi connectivity index (χ1) is 11.8. The molecule has 5 nitrogen and oxygen atoms in total. The van der Waals surface area contributed by atoms with Gasteiger partial charge in [0.1, 0.15) is 0 Å². The third-order valence-corrected chi connectivity index (χ3v) is 5.03. The van der Waals surface area contributed by atoms with Crippen LogP contribution in [-0.2, 0) is 6.54 Å². The van der Waals surface area contributed by atoms with Crippen LogP contribution in [0.2, 0.25) is 0 Å². The van der Waals surface area contributed by atoms with Gasteiger partial charge in [-0.2, -0.15) is 5.10 Å². The highest BCUT2D eigenvalue weighted by molar-refractivity contribution is 5.53. The minimum absolute atomic E-state index is 0.454. The number of fused-ring (bicyclic) bond motifs is 1.